The number of aromatic nitrogens is 3. The van der Waals surface area contributed by atoms with Crippen LogP contribution in [0.4, 0.5) is 29.0 Å². The number of hydrogen-bond donors (Lipinski definition) is 1. The maximum atomic E-state index is 12.5. The lowest BCUT2D eigenvalue weighted by atomic mass is 9.99. The largest absolute Gasteiger partial charge is 0.370 e. The SMILES string of the molecule is CC1CCN(c2ccc(Nc3ncc4c(n3)N(C3CCCC3)CC(=O)N4C)nc2)CC1. The number of likely N-dealkylation sites (N-methyl/N-ethyl adjacent to an activating group) is 1. The molecule has 0 radical (unpaired) electrons. The van der Waals surface area contributed by atoms with E-state index in [9.17, 15) is 4.79 Å². The fourth-order valence-electron chi connectivity index (χ4n) is 4.88. The van der Waals surface area contributed by atoms with Gasteiger partial charge in [0.2, 0.25) is 11.9 Å². The number of fused-ring (bicyclic) bond motifs is 1. The number of piperidine rings is 1. The normalized spacial score (nSPS) is 20.3. The third-order valence-corrected chi connectivity index (χ3v) is 6.97. The Labute approximate surface area is 183 Å². The van der Waals surface area contributed by atoms with Crippen LogP contribution in [0.3, 0.4) is 0 Å². The van der Waals surface area contributed by atoms with Crippen LogP contribution in [0.25, 0.3) is 0 Å². The van der Waals surface area contributed by atoms with E-state index in [0.717, 1.165) is 54.9 Å². The van der Waals surface area contributed by atoms with Gasteiger partial charge in [-0.1, -0.05) is 19.8 Å². The number of anilines is 5. The Morgan fingerprint density at radius 1 is 1.03 bits per heavy atom. The molecule has 0 aromatic carbocycles. The van der Waals surface area contributed by atoms with Gasteiger partial charge in [0.25, 0.3) is 0 Å². The van der Waals surface area contributed by atoms with Crippen molar-refractivity contribution in [1.82, 2.24) is 15.0 Å². The highest BCUT2D eigenvalue weighted by molar-refractivity contribution is 6.02. The lowest BCUT2D eigenvalue weighted by Crippen LogP contribution is -2.48. The molecular weight excluding hydrogens is 390 g/mol. The Bertz CT molecular complexity index is 933. The molecule has 31 heavy (non-hydrogen) atoms. The standard InChI is InChI=1S/C23H31N7O/c1-16-9-11-29(12-10-16)18-7-8-20(24-13-18)26-23-25-14-19-22(27-23)30(15-21(31)28(19)2)17-5-3-4-6-17/h7-8,13-14,16-17H,3-6,9-12,15H2,1-2H3,(H,24,25,26,27). The van der Waals surface area contributed by atoms with Gasteiger partial charge < -0.3 is 20.0 Å². The number of amides is 1. The summed E-state index contributed by atoms with van der Waals surface area (Å²) in [5.41, 5.74) is 1.94. The van der Waals surface area contributed by atoms with Crippen LogP contribution in [0.2, 0.25) is 0 Å². The van der Waals surface area contributed by atoms with Gasteiger partial charge in [0.1, 0.15) is 11.5 Å². The van der Waals surface area contributed by atoms with Crippen molar-refractivity contribution >= 4 is 34.9 Å². The summed E-state index contributed by atoms with van der Waals surface area (Å²) in [6.07, 6.45) is 10.8. The van der Waals surface area contributed by atoms with Gasteiger partial charge in [0.05, 0.1) is 24.6 Å². The maximum absolute atomic E-state index is 12.5. The Kier molecular flexibility index (Phi) is 5.38. The van der Waals surface area contributed by atoms with Crippen LogP contribution in [0.1, 0.15) is 45.4 Å². The zero-order valence-electron chi connectivity index (χ0n) is 18.4. The van der Waals surface area contributed by atoms with Crippen molar-refractivity contribution in [1.29, 1.82) is 0 Å². The van der Waals surface area contributed by atoms with Gasteiger partial charge in [-0.25, -0.2) is 9.97 Å². The highest BCUT2D eigenvalue weighted by atomic mass is 16.2. The first kappa shape index (κ1) is 20.0. The average Bonchev–Trinajstić information content (AvgIpc) is 3.32. The van der Waals surface area contributed by atoms with Crippen molar-refractivity contribution in [2.24, 2.45) is 5.92 Å². The number of rotatable bonds is 4. The van der Waals surface area contributed by atoms with Gasteiger partial charge in [0, 0.05) is 26.2 Å². The molecule has 0 atom stereocenters. The fourth-order valence-corrected chi connectivity index (χ4v) is 4.88. The van der Waals surface area contributed by atoms with Crippen LogP contribution in [0.15, 0.2) is 24.5 Å². The minimum atomic E-state index is 0.0908. The van der Waals surface area contributed by atoms with Crippen molar-refractivity contribution in [3.05, 3.63) is 24.5 Å². The molecule has 8 heteroatoms. The molecule has 5 rings (SSSR count). The molecule has 1 saturated heterocycles. The molecule has 1 N–H and O–H groups in total. The summed E-state index contributed by atoms with van der Waals surface area (Å²) in [4.78, 5) is 32.6. The Morgan fingerprint density at radius 3 is 2.52 bits per heavy atom. The van der Waals surface area contributed by atoms with Crippen molar-refractivity contribution < 1.29 is 4.79 Å². The first-order valence-corrected chi connectivity index (χ1v) is 11.5. The van der Waals surface area contributed by atoms with E-state index in [1.165, 1.54) is 25.7 Å². The summed E-state index contributed by atoms with van der Waals surface area (Å²) in [6, 6.07) is 4.48. The molecule has 2 aliphatic heterocycles. The van der Waals surface area contributed by atoms with Crippen LogP contribution < -0.4 is 20.0 Å². The van der Waals surface area contributed by atoms with Gasteiger partial charge in [0.15, 0.2) is 5.82 Å². The molecule has 2 aromatic heterocycles. The lowest BCUT2D eigenvalue weighted by Gasteiger charge is -2.37. The van der Waals surface area contributed by atoms with Crippen LogP contribution >= 0.6 is 0 Å². The van der Waals surface area contributed by atoms with Crippen molar-refractivity contribution in [2.75, 3.05) is 46.7 Å². The minimum Gasteiger partial charge on any atom is -0.370 e. The van der Waals surface area contributed by atoms with Gasteiger partial charge >= 0.3 is 0 Å². The first-order valence-electron chi connectivity index (χ1n) is 11.5. The maximum Gasteiger partial charge on any atom is 0.246 e. The number of hydrogen-bond acceptors (Lipinski definition) is 7. The summed E-state index contributed by atoms with van der Waals surface area (Å²) >= 11 is 0. The van der Waals surface area contributed by atoms with Gasteiger partial charge in [-0.05, 0) is 43.7 Å². The van der Waals surface area contributed by atoms with E-state index in [-0.39, 0.29) is 5.91 Å². The topological polar surface area (TPSA) is 77.5 Å². The van der Waals surface area contributed by atoms with Gasteiger partial charge in [-0.15, -0.1) is 0 Å². The summed E-state index contributed by atoms with van der Waals surface area (Å²) in [5, 5.41) is 3.25. The monoisotopic (exact) mass is 421 g/mol. The molecule has 0 bridgehead atoms. The van der Waals surface area contributed by atoms with E-state index >= 15 is 0 Å². The summed E-state index contributed by atoms with van der Waals surface area (Å²) in [6.45, 7) is 4.88. The predicted octanol–water partition coefficient (Wildman–Crippen LogP) is 3.58. The van der Waals surface area contributed by atoms with Crippen molar-refractivity contribution in [3.63, 3.8) is 0 Å². The molecule has 0 unspecified atom stereocenters. The highest BCUT2D eigenvalue weighted by Gasteiger charge is 2.34. The predicted molar refractivity (Wildman–Crippen MR) is 123 cm³/mol. The van der Waals surface area contributed by atoms with Gasteiger partial charge in [-0.3, -0.25) is 4.79 Å². The molecule has 164 valence electrons. The summed E-state index contributed by atoms with van der Waals surface area (Å²) in [5.74, 6) is 2.97. The zero-order chi connectivity index (χ0) is 21.4. The minimum absolute atomic E-state index is 0.0908. The molecule has 0 spiro atoms. The molecule has 1 aliphatic carbocycles. The van der Waals surface area contributed by atoms with Gasteiger partial charge in [-0.2, -0.15) is 4.98 Å². The quantitative estimate of drug-likeness (QED) is 0.808. The van der Waals surface area contributed by atoms with Crippen molar-refractivity contribution in [3.8, 4) is 0 Å². The summed E-state index contributed by atoms with van der Waals surface area (Å²) < 4.78 is 0. The van der Waals surface area contributed by atoms with Crippen LogP contribution in [-0.4, -0.2) is 53.6 Å². The molecule has 8 nitrogen and oxygen atoms in total. The third-order valence-electron chi connectivity index (χ3n) is 6.97. The molecular formula is C23H31N7O. The Balaban J connectivity index is 1.34. The zero-order valence-corrected chi connectivity index (χ0v) is 18.4. The van der Waals surface area contributed by atoms with Crippen LogP contribution in [0.5, 0.6) is 0 Å². The lowest BCUT2D eigenvalue weighted by molar-refractivity contribution is -0.117. The van der Waals surface area contributed by atoms with Crippen LogP contribution in [0, 0.1) is 5.92 Å². The average molecular weight is 422 g/mol. The van der Waals surface area contributed by atoms with Crippen molar-refractivity contribution in [2.45, 2.75) is 51.5 Å². The second-order valence-corrected chi connectivity index (χ2v) is 9.12. The molecule has 4 heterocycles. The fraction of sp³-hybridized carbons (Fsp3) is 0.565. The number of nitrogens with zero attached hydrogens (tertiary/aromatic N) is 6. The van der Waals surface area contributed by atoms with E-state index < -0.39 is 0 Å². The molecule has 1 amide bonds. The Morgan fingerprint density at radius 2 is 1.81 bits per heavy atom. The van der Waals surface area contributed by atoms with E-state index in [2.05, 4.69) is 38.1 Å². The Hall–Kier alpha value is -2.90. The number of carbonyl (C=O) groups is 1. The van der Waals surface area contributed by atoms with E-state index in [4.69, 9.17) is 4.98 Å². The first-order chi connectivity index (χ1) is 15.1. The third kappa shape index (κ3) is 4.03. The molecule has 1 saturated carbocycles. The molecule has 2 fully saturated rings. The molecule has 3 aliphatic rings. The number of carbonyl (C=O) groups excluding carboxylic acids is 1. The number of pyridine rings is 1. The second-order valence-electron chi connectivity index (χ2n) is 9.12. The molecule has 2 aromatic rings. The van der Waals surface area contributed by atoms with E-state index in [1.54, 1.807) is 18.1 Å². The number of nitrogens with one attached hydrogen (secondary N) is 1. The van der Waals surface area contributed by atoms with E-state index in [1.807, 2.05) is 12.3 Å². The highest BCUT2D eigenvalue weighted by Crippen LogP contribution is 2.36. The second kappa shape index (κ2) is 8.32. The smallest absolute Gasteiger partial charge is 0.246 e. The van der Waals surface area contributed by atoms with E-state index in [0.29, 0.717) is 18.5 Å². The summed E-state index contributed by atoms with van der Waals surface area (Å²) in [7, 11) is 1.80. The van der Waals surface area contributed by atoms with Crippen LogP contribution in [-0.2, 0) is 4.79 Å².